The Morgan fingerprint density at radius 1 is 1.17 bits per heavy atom. The van der Waals surface area contributed by atoms with Gasteiger partial charge in [0.25, 0.3) is 0 Å². The largest absolute Gasteiger partial charge is 0.456 e. The molecule has 1 heterocycles. The summed E-state index contributed by atoms with van der Waals surface area (Å²) in [6.45, 7) is 8.33. The van der Waals surface area contributed by atoms with Crippen LogP contribution in [0.15, 0.2) is 42.5 Å². The molecule has 4 nitrogen and oxygen atoms in total. The highest BCUT2D eigenvalue weighted by Crippen LogP contribution is 2.40. The first-order chi connectivity index (χ1) is 14.1. The monoisotopic (exact) mass is 425 g/mol. The summed E-state index contributed by atoms with van der Waals surface area (Å²) in [6, 6.07) is 14.6. The van der Waals surface area contributed by atoms with Crippen LogP contribution >= 0.6 is 11.6 Å². The molecule has 2 aromatic rings. The molecule has 158 valence electrons. The van der Waals surface area contributed by atoms with Crippen molar-refractivity contribution in [3.8, 4) is 17.6 Å². The van der Waals surface area contributed by atoms with Gasteiger partial charge in [-0.2, -0.15) is 5.26 Å². The molecule has 0 spiro atoms. The fourth-order valence-corrected chi connectivity index (χ4v) is 4.73. The average molecular weight is 426 g/mol. The topological polar surface area (TPSA) is 59.3 Å². The zero-order chi connectivity index (χ0) is 21.9. The van der Waals surface area contributed by atoms with Gasteiger partial charge in [0, 0.05) is 12.0 Å². The van der Waals surface area contributed by atoms with Gasteiger partial charge < -0.3 is 9.47 Å². The van der Waals surface area contributed by atoms with Crippen LogP contribution in [0, 0.1) is 17.2 Å². The lowest BCUT2D eigenvalue weighted by Crippen LogP contribution is -2.45. The zero-order valence-corrected chi connectivity index (χ0v) is 18.8. The molecule has 0 aromatic heterocycles. The quantitative estimate of drug-likeness (QED) is 0.480. The number of nitriles is 1. The van der Waals surface area contributed by atoms with Gasteiger partial charge in [-0.05, 0) is 82.3 Å². The van der Waals surface area contributed by atoms with Crippen molar-refractivity contribution in [1.82, 2.24) is 0 Å². The highest BCUT2D eigenvalue weighted by Gasteiger charge is 2.39. The second-order valence-electron chi connectivity index (χ2n) is 9.25. The third-order valence-corrected chi connectivity index (χ3v) is 5.55. The molecule has 3 rings (SSSR count). The van der Waals surface area contributed by atoms with Crippen molar-refractivity contribution < 1.29 is 14.3 Å². The molecule has 0 N–H and O–H groups in total. The minimum Gasteiger partial charge on any atom is -0.456 e. The van der Waals surface area contributed by atoms with Gasteiger partial charge in [-0.25, -0.2) is 0 Å². The van der Waals surface area contributed by atoms with E-state index >= 15 is 0 Å². The van der Waals surface area contributed by atoms with E-state index in [4.69, 9.17) is 26.3 Å². The fourth-order valence-electron chi connectivity index (χ4n) is 4.51. The molecule has 2 aromatic carbocycles. The Hall–Kier alpha value is -2.35. The third kappa shape index (κ3) is 5.84. The number of hydrogen-bond acceptors (Lipinski definition) is 4. The number of nitrogens with zero attached hydrogens (tertiary/aromatic N) is 1. The van der Waals surface area contributed by atoms with Crippen LogP contribution in [0.2, 0.25) is 5.02 Å². The van der Waals surface area contributed by atoms with E-state index in [0.717, 1.165) is 18.4 Å². The van der Waals surface area contributed by atoms with Crippen LogP contribution in [0.3, 0.4) is 0 Å². The van der Waals surface area contributed by atoms with E-state index in [-0.39, 0.29) is 22.9 Å². The van der Waals surface area contributed by atoms with Gasteiger partial charge in [-0.1, -0.05) is 23.7 Å². The summed E-state index contributed by atoms with van der Waals surface area (Å²) in [5.74, 6) is 1.44. The Morgan fingerprint density at radius 3 is 2.50 bits per heavy atom. The molecule has 1 saturated heterocycles. The number of ether oxygens (including phenoxy) is 2. The number of rotatable bonds is 6. The van der Waals surface area contributed by atoms with Gasteiger partial charge in [0.05, 0.1) is 28.7 Å². The van der Waals surface area contributed by atoms with Crippen molar-refractivity contribution >= 4 is 17.4 Å². The summed E-state index contributed by atoms with van der Waals surface area (Å²) < 4.78 is 12.0. The molecule has 0 atom stereocenters. The summed E-state index contributed by atoms with van der Waals surface area (Å²) in [6.07, 6.45) is 2.51. The van der Waals surface area contributed by atoms with Crippen molar-refractivity contribution in [2.45, 2.75) is 64.6 Å². The van der Waals surface area contributed by atoms with Gasteiger partial charge >= 0.3 is 0 Å². The number of carbonyl (C=O) groups is 1. The molecule has 0 aliphatic carbocycles. The summed E-state index contributed by atoms with van der Waals surface area (Å²) in [4.78, 5) is 12.9. The lowest BCUT2D eigenvalue weighted by atomic mass is 9.78. The zero-order valence-electron chi connectivity index (χ0n) is 18.0. The maximum Gasteiger partial charge on any atom is 0.163 e. The lowest BCUT2D eigenvalue weighted by Gasteiger charge is -2.45. The Bertz CT molecular complexity index is 959. The molecule has 0 bridgehead atoms. The van der Waals surface area contributed by atoms with E-state index in [0.29, 0.717) is 34.9 Å². The highest BCUT2D eigenvalue weighted by molar-refractivity contribution is 6.32. The predicted molar refractivity (Wildman–Crippen MR) is 118 cm³/mol. The molecule has 1 aliphatic heterocycles. The lowest BCUT2D eigenvalue weighted by molar-refractivity contribution is -0.171. The Labute approximate surface area is 183 Å². The van der Waals surface area contributed by atoms with Crippen LogP contribution in [0.25, 0.3) is 0 Å². The van der Waals surface area contributed by atoms with Gasteiger partial charge in [-0.15, -0.1) is 0 Å². The van der Waals surface area contributed by atoms with Gasteiger partial charge in [0.15, 0.2) is 5.78 Å². The number of halogens is 1. The van der Waals surface area contributed by atoms with E-state index in [9.17, 15) is 4.79 Å². The number of Topliss-reactive ketones (excluding diaryl/α,β-unsaturated/α-hetero) is 1. The molecule has 1 aliphatic rings. The van der Waals surface area contributed by atoms with Crippen LogP contribution in [0.5, 0.6) is 11.5 Å². The van der Waals surface area contributed by atoms with Crippen molar-refractivity contribution in [3.63, 3.8) is 0 Å². The molecule has 0 amide bonds. The highest BCUT2D eigenvalue weighted by atomic mass is 35.5. The van der Waals surface area contributed by atoms with E-state index in [2.05, 4.69) is 33.8 Å². The molecular weight excluding hydrogens is 398 g/mol. The van der Waals surface area contributed by atoms with Crippen LogP contribution in [0.4, 0.5) is 0 Å². The summed E-state index contributed by atoms with van der Waals surface area (Å²) >= 11 is 6.41. The van der Waals surface area contributed by atoms with E-state index in [1.165, 1.54) is 0 Å². The molecular formula is C25H28ClNO3. The minimum absolute atomic E-state index is 0.0815. The van der Waals surface area contributed by atoms with Crippen molar-refractivity contribution in [3.05, 3.63) is 58.6 Å². The fraction of sp³-hybridized carbons (Fsp3) is 0.440. The van der Waals surface area contributed by atoms with Crippen molar-refractivity contribution in [1.29, 1.82) is 5.26 Å². The van der Waals surface area contributed by atoms with Crippen LogP contribution in [-0.2, 0) is 11.2 Å². The normalized spacial score (nSPS) is 17.9. The molecule has 1 fully saturated rings. The van der Waals surface area contributed by atoms with Gasteiger partial charge in [-0.3, -0.25) is 4.79 Å². The van der Waals surface area contributed by atoms with Crippen LogP contribution < -0.4 is 4.74 Å². The van der Waals surface area contributed by atoms with Crippen molar-refractivity contribution in [2.75, 3.05) is 0 Å². The van der Waals surface area contributed by atoms with E-state index in [1.807, 2.05) is 24.3 Å². The summed E-state index contributed by atoms with van der Waals surface area (Å²) in [7, 11) is 0. The first-order valence-corrected chi connectivity index (χ1v) is 10.6. The molecule has 5 heteroatoms. The second-order valence-corrected chi connectivity index (χ2v) is 9.66. The maximum absolute atomic E-state index is 12.9. The molecule has 0 unspecified atom stereocenters. The molecule has 0 radical (unpaired) electrons. The standard InChI is InChI=1S/C25H28ClNO3/c1-24(2)15-18(16-25(3,4)30-24)13-22(28)19-8-9-23(21(26)14-19)29-20-7-5-6-17(12-20)10-11-27/h5-9,12,14,18H,10,13,15-16H2,1-4H3. The van der Waals surface area contributed by atoms with Crippen molar-refractivity contribution in [2.24, 2.45) is 5.92 Å². The van der Waals surface area contributed by atoms with Crippen LogP contribution in [0.1, 0.15) is 62.9 Å². The minimum atomic E-state index is -0.234. The SMILES string of the molecule is CC1(C)CC(CC(=O)c2ccc(Oc3cccc(CC#N)c3)c(Cl)c2)CC(C)(C)O1. The predicted octanol–water partition coefficient (Wildman–Crippen LogP) is 6.75. The molecule has 0 saturated carbocycles. The Balaban J connectivity index is 1.69. The molecule has 30 heavy (non-hydrogen) atoms. The number of hydrogen-bond donors (Lipinski definition) is 0. The van der Waals surface area contributed by atoms with Gasteiger partial charge in [0.1, 0.15) is 11.5 Å². The van der Waals surface area contributed by atoms with E-state index < -0.39 is 0 Å². The Kier molecular flexibility index (Phi) is 6.55. The third-order valence-electron chi connectivity index (χ3n) is 5.25. The average Bonchev–Trinajstić information content (AvgIpc) is 2.61. The first kappa shape index (κ1) is 22.3. The van der Waals surface area contributed by atoms with E-state index in [1.54, 1.807) is 18.2 Å². The number of benzene rings is 2. The second kappa shape index (κ2) is 8.79. The smallest absolute Gasteiger partial charge is 0.163 e. The van der Waals surface area contributed by atoms with Crippen LogP contribution in [-0.4, -0.2) is 17.0 Å². The number of ketones is 1. The summed E-state index contributed by atoms with van der Waals surface area (Å²) in [5, 5.41) is 9.24. The Morgan fingerprint density at radius 2 is 1.87 bits per heavy atom. The van der Waals surface area contributed by atoms with Gasteiger partial charge in [0.2, 0.25) is 0 Å². The number of carbonyl (C=O) groups excluding carboxylic acids is 1. The first-order valence-electron chi connectivity index (χ1n) is 10.2. The summed E-state index contributed by atoms with van der Waals surface area (Å²) in [5.41, 5.74) is 0.998. The maximum atomic E-state index is 12.9.